The van der Waals surface area contributed by atoms with Crippen molar-refractivity contribution >= 4 is 28.6 Å². The maximum atomic E-state index is 5.29. The van der Waals surface area contributed by atoms with Crippen molar-refractivity contribution in [1.82, 2.24) is 9.97 Å². The van der Waals surface area contributed by atoms with E-state index < -0.39 is 0 Å². The second-order valence-corrected chi connectivity index (χ2v) is 3.07. The van der Waals surface area contributed by atoms with E-state index in [0.29, 0.717) is 11.6 Å². The van der Waals surface area contributed by atoms with Gasteiger partial charge >= 0.3 is 0 Å². The van der Waals surface area contributed by atoms with Crippen LogP contribution >= 0.6 is 0 Å². The fourth-order valence-electron chi connectivity index (χ4n) is 1.33. The summed E-state index contributed by atoms with van der Waals surface area (Å²) >= 11 is 0. The van der Waals surface area contributed by atoms with Crippen molar-refractivity contribution in [3.8, 4) is 0 Å². The van der Waals surface area contributed by atoms with Crippen LogP contribution in [-0.2, 0) is 0 Å². The molecule has 0 radical (unpaired) electrons. The molecule has 0 bridgehead atoms. The van der Waals surface area contributed by atoms with Crippen molar-refractivity contribution in [1.29, 1.82) is 0 Å². The number of aromatic amines is 1. The Hall–Kier alpha value is -2.24. The number of guanidine groups is 1. The number of imidazole rings is 1. The third kappa shape index (κ3) is 1.83. The van der Waals surface area contributed by atoms with E-state index in [0.717, 1.165) is 11.0 Å². The zero-order chi connectivity index (χ0) is 10.8. The first-order chi connectivity index (χ1) is 7.19. The minimum Gasteiger partial charge on any atom is -0.370 e. The number of nitrogens with zero attached hydrogens (tertiary/aromatic N) is 2. The Bertz CT molecular complexity index is 508. The van der Waals surface area contributed by atoms with Gasteiger partial charge in [0.15, 0.2) is 5.96 Å². The lowest BCUT2D eigenvalue weighted by molar-refractivity contribution is 1.28. The molecule has 0 aliphatic carbocycles. The highest BCUT2D eigenvalue weighted by Gasteiger charge is 2.01. The van der Waals surface area contributed by atoms with Crippen LogP contribution in [0.2, 0.25) is 0 Å². The van der Waals surface area contributed by atoms with Gasteiger partial charge in [-0.25, -0.2) is 9.98 Å². The molecule has 0 amide bonds. The highest BCUT2D eigenvalue weighted by molar-refractivity contribution is 5.84. The zero-order valence-corrected chi connectivity index (χ0v) is 8.28. The number of aliphatic imine (C=N–C) groups is 1. The van der Waals surface area contributed by atoms with Gasteiger partial charge in [0.1, 0.15) is 0 Å². The van der Waals surface area contributed by atoms with E-state index in [1.54, 1.807) is 7.05 Å². The lowest BCUT2D eigenvalue weighted by Crippen LogP contribution is -2.21. The van der Waals surface area contributed by atoms with Gasteiger partial charge in [0.05, 0.1) is 16.7 Å². The molecule has 0 spiro atoms. The van der Waals surface area contributed by atoms with Crippen molar-refractivity contribution in [2.24, 2.45) is 16.5 Å². The summed E-state index contributed by atoms with van der Waals surface area (Å²) in [7, 11) is 1.80. The van der Waals surface area contributed by atoms with Gasteiger partial charge < -0.3 is 21.8 Å². The van der Waals surface area contributed by atoms with Crippen molar-refractivity contribution in [2.75, 3.05) is 12.4 Å². The molecule has 6 N–H and O–H groups in total. The van der Waals surface area contributed by atoms with Crippen LogP contribution in [0.3, 0.4) is 0 Å². The molecule has 2 aromatic rings. The van der Waals surface area contributed by atoms with Crippen LogP contribution in [-0.4, -0.2) is 23.0 Å². The predicted molar refractivity (Wildman–Crippen MR) is 61.1 cm³/mol. The number of nitrogens with one attached hydrogen (secondary N) is 2. The Morgan fingerprint density at radius 3 is 2.93 bits per heavy atom. The lowest BCUT2D eigenvalue weighted by Gasteiger charge is -1.94. The van der Waals surface area contributed by atoms with Gasteiger partial charge in [0.25, 0.3) is 0 Å². The fraction of sp³-hybridized carbons (Fsp3) is 0.111. The average molecular weight is 204 g/mol. The maximum Gasteiger partial charge on any atom is 0.200 e. The number of aromatic nitrogens is 2. The Labute approximate surface area is 86.4 Å². The van der Waals surface area contributed by atoms with Crippen LogP contribution in [0.25, 0.3) is 11.0 Å². The topological polar surface area (TPSA) is 105 Å². The summed E-state index contributed by atoms with van der Waals surface area (Å²) in [5, 5.41) is 2.92. The first-order valence-corrected chi connectivity index (χ1v) is 4.46. The quantitative estimate of drug-likeness (QED) is 0.422. The molecule has 0 unspecified atom stereocenters. The molecular weight excluding hydrogens is 192 g/mol. The van der Waals surface area contributed by atoms with E-state index in [1.165, 1.54) is 0 Å². The Morgan fingerprint density at radius 2 is 2.27 bits per heavy atom. The highest BCUT2D eigenvalue weighted by Crippen LogP contribution is 2.20. The van der Waals surface area contributed by atoms with Crippen LogP contribution < -0.4 is 16.8 Å². The Kier molecular flexibility index (Phi) is 2.17. The van der Waals surface area contributed by atoms with Crippen molar-refractivity contribution in [2.45, 2.75) is 0 Å². The summed E-state index contributed by atoms with van der Waals surface area (Å²) < 4.78 is 0. The molecular formula is C9H12N6. The van der Waals surface area contributed by atoms with Gasteiger partial charge in [-0.3, -0.25) is 0 Å². The van der Waals surface area contributed by atoms with Crippen LogP contribution in [0.1, 0.15) is 0 Å². The van der Waals surface area contributed by atoms with Crippen LogP contribution in [0.5, 0.6) is 0 Å². The molecule has 0 saturated carbocycles. The summed E-state index contributed by atoms with van der Waals surface area (Å²) in [5.74, 6) is 0.759. The summed E-state index contributed by atoms with van der Waals surface area (Å²) in [6.07, 6.45) is 0. The number of nitrogens with two attached hydrogens (primary N) is 2. The van der Waals surface area contributed by atoms with E-state index in [2.05, 4.69) is 20.3 Å². The lowest BCUT2D eigenvalue weighted by atomic mass is 10.3. The van der Waals surface area contributed by atoms with Crippen molar-refractivity contribution in [3.63, 3.8) is 0 Å². The molecule has 0 atom stereocenters. The van der Waals surface area contributed by atoms with E-state index in [-0.39, 0.29) is 5.96 Å². The standard InChI is InChI=1S/C9H12N6/c1-12-9-14-6-3-2-5(13-8(10)11)4-7(6)15-9/h2-4H,1H3,(H4,10,11,13)(H2,12,14,15). The smallest absolute Gasteiger partial charge is 0.200 e. The molecule has 15 heavy (non-hydrogen) atoms. The second-order valence-electron chi connectivity index (χ2n) is 3.07. The first-order valence-electron chi connectivity index (χ1n) is 4.46. The largest absolute Gasteiger partial charge is 0.370 e. The summed E-state index contributed by atoms with van der Waals surface area (Å²) in [5.41, 5.74) is 13.0. The minimum atomic E-state index is 0.0442. The molecule has 6 heteroatoms. The number of fused-ring (bicyclic) bond motifs is 1. The van der Waals surface area contributed by atoms with E-state index in [9.17, 15) is 0 Å². The summed E-state index contributed by atoms with van der Waals surface area (Å²) in [6.45, 7) is 0. The SMILES string of the molecule is CNc1nc2ccc(N=C(N)N)cc2[nH]1. The normalized spacial score (nSPS) is 10.2. The van der Waals surface area contributed by atoms with Crippen LogP contribution in [0.15, 0.2) is 23.2 Å². The number of H-pyrrole nitrogens is 1. The molecule has 0 saturated heterocycles. The molecule has 6 nitrogen and oxygen atoms in total. The van der Waals surface area contributed by atoms with E-state index in [4.69, 9.17) is 11.5 Å². The number of hydrogen-bond donors (Lipinski definition) is 4. The van der Waals surface area contributed by atoms with Crippen molar-refractivity contribution in [3.05, 3.63) is 18.2 Å². The third-order valence-electron chi connectivity index (χ3n) is 1.96. The van der Waals surface area contributed by atoms with Gasteiger partial charge in [-0.15, -0.1) is 0 Å². The Balaban J connectivity index is 2.50. The average Bonchev–Trinajstić information content (AvgIpc) is 2.58. The van der Waals surface area contributed by atoms with Gasteiger partial charge in [-0.05, 0) is 18.2 Å². The van der Waals surface area contributed by atoms with E-state index >= 15 is 0 Å². The predicted octanol–water partition coefficient (Wildman–Crippen LogP) is 0.509. The number of anilines is 1. The zero-order valence-electron chi connectivity index (χ0n) is 8.28. The highest BCUT2D eigenvalue weighted by atomic mass is 15.1. The van der Waals surface area contributed by atoms with Gasteiger partial charge in [0, 0.05) is 7.05 Å². The molecule has 1 aromatic heterocycles. The van der Waals surface area contributed by atoms with E-state index in [1.807, 2.05) is 18.2 Å². The molecule has 0 fully saturated rings. The van der Waals surface area contributed by atoms with Gasteiger partial charge in [-0.1, -0.05) is 0 Å². The van der Waals surface area contributed by atoms with Crippen LogP contribution in [0.4, 0.5) is 11.6 Å². The molecule has 0 aliphatic heterocycles. The fourth-order valence-corrected chi connectivity index (χ4v) is 1.33. The molecule has 1 aromatic carbocycles. The second kappa shape index (κ2) is 3.49. The van der Waals surface area contributed by atoms with Crippen molar-refractivity contribution < 1.29 is 0 Å². The van der Waals surface area contributed by atoms with Crippen LogP contribution in [0, 0.1) is 0 Å². The monoisotopic (exact) mass is 204 g/mol. The Morgan fingerprint density at radius 1 is 1.47 bits per heavy atom. The van der Waals surface area contributed by atoms with Gasteiger partial charge in [-0.2, -0.15) is 0 Å². The number of rotatable bonds is 2. The summed E-state index contributed by atoms with van der Waals surface area (Å²) in [4.78, 5) is 11.3. The summed E-state index contributed by atoms with van der Waals surface area (Å²) in [6, 6.07) is 5.50. The maximum absolute atomic E-state index is 5.29. The number of hydrogen-bond acceptors (Lipinski definition) is 3. The first kappa shape index (κ1) is 9.32. The van der Waals surface area contributed by atoms with Gasteiger partial charge in [0.2, 0.25) is 5.95 Å². The third-order valence-corrected chi connectivity index (χ3v) is 1.96. The molecule has 2 rings (SSSR count). The molecule has 1 heterocycles. The number of benzene rings is 1. The molecule has 0 aliphatic rings. The molecule has 78 valence electrons. The minimum absolute atomic E-state index is 0.0442.